The quantitative estimate of drug-likeness (QED) is 0.0368. The molecule has 0 unspecified atom stereocenters. The van der Waals surface area contributed by atoms with E-state index in [9.17, 15) is 15.0 Å². The Kier molecular flexibility index (Phi) is 21.5. The molecule has 324 valence electrons. The third-order valence-corrected chi connectivity index (χ3v) is 17.5. The van der Waals surface area contributed by atoms with Gasteiger partial charge < -0.3 is 24.1 Å². The van der Waals surface area contributed by atoms with E-state index in [2.05, 4.69) is 94.4 Å². The minimum absolute atomic E-state index is 0.136. The number of esters is 1. The smallest absolute Gasteiger partial charge is 0.334 e. The number of hydrogen-bond donors (Lipinski definition) is 2. The first-order valence-corrected chi connectivity index (χ1v) is 25.3. The highest BCUT2D eigenvalue weighted by molar-refractivity contribution is 6.99. The summed E-state index contributed by atoms with van der Waals surface area (Å²) < 4.78 is 19.4. The molecule has 2 aromatic carbocycles. The lowest BCUT2D eigenvalue weighted by molar-refractivity contribution is -0.139. The first-order chi connectivity index (χ1) is 28.0. The van der Waals surface area contributed by atoms with Gasteiger partial charge in [0, 0.05) is 18.4 Å². The summed E-state index contributed by atoms with van der Waals surface area (Å²) in [5, 5.41) is 23.8. The van der Waals surface area contributed by atoms with Crippen molar-refractivity contribution in [3.63, 3.8) is 0 Å². The fraction of sp³-hybridized carbons (Fsp3) is 0.667. The van der Waals surface area contributed by atoms with Crippen molar-refractivity contribution in [2.75, 3.05) is 0 Å². The van der Waals surface area contributed by atoms with E-state index in [0.29, 0.717) is 12.8 Å². The Hall–Kier alpha value is -2.55. The molecule has 6 nitrogen and oxygen atoms in total. The molecule has 2 aliphatic rings. The second kappa shape index (κ2) is 25.9. The second-order valence-corrected chi connectivity index (χ2v) is 22.7. The van der Waals surface area contributed by atoms with Gasteiger partial charge in [0.15, 0.2) is 0 Å². The fourth-order valence-corrected chi connectivity index (χ4v) is 13.9. The zero-order chi connectivity index (χ0) is 41.6. The first-order valence-electron chi connectivity index (χ1n) is 23.4. The Morgan fingerprint density at radius 2 is 1.36 bits per heavy atom. The van der Waals surface area contributed by atoms with Crippen LogP contribution in [-0.4, -0.2) is 61.1 Å². The number of cyclic esters (lactones) is 1. The third kappa shape index (κ3) is 15.8. The van der Waals surface area contributed by atoms with Crippen LogP contribution in [0.15, 0.2) is 84.5 Å². The summed E-state index contributed by atoms with van der Waals surface area (Å²) in [4.78, 5) is 12.8. The number of unbranched alkanes of at least 4 members (excludes halogenated alkanes) is 14. The van der Waals surface area contributed by atoms with E-state index in [1.165, 1.54) is 81.0 Å². The lowest BCUT2D eigenvalue weighted by atomic mass is 10.0. The highest BCUT2D eigenvalue weighted by Crippen LogP contribution is 2.39. The number of carbonyl (C=O) groups is 1. The van der Waals surface area contributed by atoms with Gasteiger partial charge in [0.2, 0.25) is 0 Å². The van der Waals surface area contributed by atoms with Gasteiger partial charge in [-0.1, -0.05) is 190 Å². The van der Waals surface area contributed by atoms with Gasteiger partial charge in [-0.05, 0) is 66.9 Å². The fourth-order valence-electron chi connectivity index (χ4n) is 9.15. The highest BCUT2D eigenvalue weighted by atomic mass is 28.4. The van der Waals surface area contributed by atoms with Gasteiger partial charge in [0.05, 0.1) is 30.5 Å². The summed E-state index contributed by atoms with van der Waals surface area (Å²) >= 11 is 0. The van der Waals surface area contributed by atoms with Gasteiger partial charge in [-0.15, -0.1) is 0 Å². The van der Waals surface area contributed by atoms with Gasteiger partial charge >= 0.3 is 5.97 Å². The van der Waals surface area contributed by atoms with Crippen molar-refractivity contribution < 1.29 is 28.9 Å². The number of aliphatic hydroxyl groups is 2. The average molecular weight is 817 g/mol. The predicted molar refractivity (Wildman–Crippen MR) is 243 cm³/mol. The van der Waals surface area contributed by atoms with E-state index in [0.717, 1.165) is 63.4 Å². The van der Waals surface area contributed by atoms with E-state index in [-0.39, 0.29) is 35.4 Å². The molecule has 0 aliphatic carbocycles. The molecule has 0 aromatic heterocycles. The van der Waals surface area contributed by atoms with Crippen molar-refractivity contribution >= 4 is 24.7 Å². The van der Waals surface area contributed by atoms with Gasteiger partial charge in [-0.3, -0.25) is 0 Å². The minimum atomic E-state index is -2.81. The lowest BCUT2D eigenvalue weighted by Gasteiger charge is -2.45. The summed E-state index contributed by atoms with van der Waals surface area (Å²) in [5.74, 6) is -0.225. The minimum Gasteiger partial charge on any atom is -0.455 e. The molecule has 0 radical (unpaired) electrons. The normalized spacial score (nSPS) is 20.4. The molecule has 2 N–H and O–H groups in total. The van der Waals surface area contributed by atoms with E-state index in [1.54, 1.807) is 0 Å². The topological polar surface area (TPSA) is 85.2 Å². The molecular formula is C51H80O6Si. The summed E-state index contributed by atoms with van der Waals surface area (Å²) in [6, 6.07) is 21.4. The van der Waals surface area contributed by atoms with Crippen LogP contribution in [0.25, 0.3) is 0 Å². The van der Waals surface area contributed by atoms with Crippen molar-refractivity contribution in [1.29, 1.82) is 0 Å². The van der Waals surface area contributed by atoms with Crippen molar-refractivity contribution in [2.45, 2.75) is 218 Å². The number of ether oxygens (including phenoxy) is 2. The molecule has 6 atom stereocenters. The Labute approximate surface area is 354 Å². The molecule has 0 amide bonds. The molecule has 0 saturated carbocycles. The summed E-state index contributed by atoms with van der Waals surface area (Å²) in [6.07, 6.45) is 28.8. The number of rotatable bonds is 29. The van der Waals surface area contributed by atoms with Gasteiger partial charge in [-0.25, -0.2) is 4.79 Å². The van der Waals surface area contributed by atoms with Crippen LogP contribution < -0.4 is 10.4 Å². The average Bonchev–Trinajstić information content (AvgIpc) is 3.81. The predicted octanol–water partition coefficient (Wildman–Crippen LogP) is 11.5. The highest BCUT2D eigenvalue weighted by Gasteiger charge is 2.51. The molecule has 2 aliphatic heterocycles. The van der Waals surface area contributed by atoms with Crippen molar-refractivity contribution in [3.8, 4) is 0 Å². The zero-order valence-electron chi connectivity index (χ0n) is 37.1. The maximum Gasteiger partial charge on any atom is 0.334 e. The maximum absolute atomic E-state index is 12.8. The van der Waals surface area contributed by atoms with Gasteiger partial charge in [0.1, 0.15) is 6.10 Å². The van der Waals surface area contributed by atoms with Crippen LogP contribution in [0.3, 0.4) is 0 Å². The molecule has 0 spiro atoms. The van der Waals surface area contributed by atoms with Crippen LogP contribution >= 0.6 is 0 Å². The Balaban J connectivity index is 1.19. The molecule has 4 rings (SSSR count). The molecule has 1 fully saturated rings. The maximum atomic E-state index is 12.8. The number of aliphatic hydroxyl groups excluding tert-OH is 2. The van der Waals surface area contributed by atoms with Crippen LogP contribution in [0.1, 0.15) is 176 Å². The Morgan fingerprint density at radius 3 is 1.91 bits per heavy atom. The summed E-state index contributed by atoms with van der Waals surface area (Å²) in [6.45, 7) is 11.1. The SMILES string of the molecule is CCCCCCCCCCCCCC/C=C\[C@@H](O)C[C@H](O)[C@@H]1CC[C@@H](CCCCC[C@H](CC2=C[C@H](C)OC2=O)O[Si](c2ccccc2)(c2ccccc2)C(C)(C)C)O1. The van der Waals surface area contributed by atoms with E-state index in [1.807, 2.05) is 19.1 Å². The number of hydrogen-bond acceptors (Lipinski definition) is 6. The molecule has 2 aromatic rings. The van der Waals surface area contributed by atoms with Crippen LogP contribution in [0, 0.1) is 0 Å². The first kappa shape index (κ1) is 48.1. The van der Waals surface area contributed by atoms with Crippen LogP contribution in [-0.2, 0) is 18.7 Å². The molecular weight excluding hydrogens is 737 g/mol. The lowest BCUT2D eigenvalue weighted by Crippen LogP contribution is -2.67. The monoisotopic (exact) mass is 817 g/mol. The van der Waals surface area contributed by atoms with Gasteiger partial charge in [0.25, 0.3) is 8.32 Å². The molecule has 7 heteroatoms. The van der Waals surface area contributed by atoms with Crippen molar-refractivity contribution in [3.05, 3.63) is 84.5 Å². The largest absolute Gasteiger partial charge is 0.455 e. The second-order valence-electron chi connectivity index (χ2n) is 18.4. The van der Waals surface area contributed by atoms with Crippen LogP contribution in [0.5, 0.6) is 0 Å². The van der Waals surface area contributed by atoms with E-state index < -0.39 is 20.5 Å². The summed E-state index contributed by atoms with van der Waals surface area (Å²) in [5.41, 5.74) is 0.722. The van der Waals surface area contributed by atoms with E-state index >= 15 is 0 Å². The van der Waals surface area contributed by atoms with Crippen LogP contribution in [0.4, 0.5) is 0 Å². The number of benzene rings is 2. The van der Waals surface area contributed by atoms with Crippen molar-refractivity contribution in [1.82, 2.24) is 0 Å². The zero-order valence-corrected chi connectivity index (χ0v) is 38.1. The number of allylic oxidation sites excluding steroid dienone is 1. The molecule has 0 bridgehead atoms. The standard InChI is InChI=1S/C51H80O6Si/c1-6-7-8-9-10-11-12-13-14-15-16-17-18-22-29-43(52)40-48(53)49-37-36-44(56-49)30-23-19-24-31-45(39-42-38-41(2)55-50(42)54)57-58(51(3,4)5,46-32-25-20-26-33-46)47-34-27-21-28-35-47/h20-22,25-29,32-35,38,41,43-45,48-49,52-53H,6-19,23-24,30-31,36-37,39-40H2,1-5H3/b29-22-/t41-,43+,44+,45+,48-,49-/m0/s1. The Bertz CT molecular complexity index is 1430. The third-order valence-electron chi connectivity index (χ3n) is 12.4. The van der Waals surface area contributed by atoms with Gasteiger partial charge in [-0.2, -0.15) is 0 Å². The van der Waals surface area contributed by atoms with Crippen LogP contribution in [0.2, 0.25) is 5.04 Å². The van der Waals surface area contributed by atoms with E-state index in [4.69, 9.17) is 13.9 Å². The molecule has 1 saturated heterocycles. The van der Waals surface area contributed by atoms with Crippen molar-refractivity contribution in [2.24, 2.45) is 0 Å². The molecule has 2 heterocycles. The molecule has 58 heavy (non-hydrogen) atoms. The number of carbonyl (C=O) groups excluding carboxylic acids is 1. The Morgan fingerprint density at radius 1 is 0.793 bits per heavy atom. The summed E-state index contributed by atoms with van der Waals surface area (Å²) in [7, 11) is -2.81.